The Morgan fingerprint density at radius 3 is 2.68 bits per heavy atom. The van der Waals surface area contributed by atoms with Crippen LogP contribution in [-0.4, -0.2) is 12.0 Å². The topological polar surface area (TPSA) is 42.1 Å². The Labute approximate surface area is 119 Å². The molecule has 0 spiro atoms. The molecule has 0 saturated heterocycles. The Bertz CT molecular complexity index is 539. The highest BCUT2D eigenvalue weighted by molar-refractivity contribution is 6.30. The first kappa shape index (κ1) is 13.8. The van der Waals surface area contributed by atoms with Crippen LogP contribution in [0.1, 0.15) is 24.1 Å². The molecule has 1 aromatic heterocycles. The van der Waals surface area contributed by atoms with E-state index in [1.165, 1.54) is 5.56 Å². The lowest BCUT2D eigenvalue weighted by Crippen LogP contribution is -2.22. The lowest BCUT2D eigenvalue weighted by atomic mass is 10.1. The minimum atomic E-state index is 0.204. The smallest absolute Gasteiger partial charge is 0.128 e. The molecular formula is C15H18ClN3. The molecule has 0 aliphatic rings. The highest BCUT2D eigenvalue weighted by atomic mass is 35.5. The Morgan fingerprint density at radius 1 is 1.32 bits per heavy atom. The number of halogens is 1. The van der Waals surface area contributed by atoms with Crippen molar-refractivity contribution in [2.75, 3.05) is 11.9 Å². The number of hydrogen-bond acceptors (Lipinski definition) is 3. The zero-order chi connectivity index (χ0) is 13.8. The van der Waals surface area contributed by atoms with Crippen LogP contribution >= 0.6 is 11.6 Å². The second-order valence-corrected chi connectivity index (χ2v) is 5.01. The van der Waals surface area contributed by atoms with Crippen LogP contribution in [0.15, 0.2) is 42.6 Å². The number of aromatic nitrogens is 1. The highest BCUT2D eigenvalue weighted by Gasteiger charge is 2.13. The summed E-state index contributed by atoms with van der Waals surface area (Å²) in [5.41, 5.74) is 7.78. The van der Waals surface area contributed by atoms with E-state index in [0.717, 1.165) is 16.4 Å². The van der Waals surface area contributed by atoms with Crippen LogP contribution in [0, 0.1) is 0 Å². The van der Waals surface area contributed by atoms with Crippen molar-refractivity contribution in [1.82, 2.24) is 4.98 Å². The molecule has 0 aliphatic carbocycles. The van der Waals surface area contributed by atoms with Crippen LogP contribution < -0.4 is 10.6 Å². The van der Waals surface area contributed by atoms with E-state index in [4.69, 9.17) is 17.3 Å². The summed E-state index contributed by atoms with van der Waals surface area (Å²) in [7, 11) is 2.02. The Morgan fingerprint density at radius 2 is 2.11 bits per heavy atom. The average Bonchev–Trinajstić information content (AvgIpc) is 2.46. The first-order chi connectivity index (χ1) is 9.11. The predicted molar refractivity (Wildman–Crippen MR) is 80.4 cm³/mol. The van der Waals surface area contributed by atoms with E-state index >= 15 is 0 Å². The van der Waals surface area contributed by atoms with Crippen molar-refractivity contribution in [3.8, 4) is 0 Å². The van der Waals surface area contributed by atoms with E-state index in [1.807, 2.05) is 43.6 Å². The number of rotatable bonds is 4. The zero-order valence-corrected chi connectivity index (χ0v) is 11.9. The van der Waals surface area contributed by atoms with Crippen LogP contribution in [0.2, 0.25) is 5.02 Å². The molecule has 3 nitrogen and oxygen atoms in total. The first-order valence-electron chi connectivity index (χ1n) is 6.25. The fourth-order valence-corrected chi connectivity index (χ4v) is 2.13. The molecule has 0 saturated carbocycles. The Hall–Kier alpha value is -1.58. The van der Waals surface area contributed by atoms with Gasteiger partial charge in [-0.15, -0.1) is 0 Å². The largest absolute Gasteiger partial charge is 0.353 e. The Balaban J connectivity index is 2.20. The van der Waals surface area contributed by atoms with Crippen molar-refractivity contribution in [1.29, 1.82) is 0 Å². The van der Waals surface area contributed by atoms with E-state index < -0.39 is 0 Å². The van der Waals surface area contributed by atoms with Gasteiger partial charge in [0.05, 0.1) is 6.04 Å². The van der Waals surface area contributed by atoms with Gasteiger partial charge in [-0.3, -0.25) is 0 Å². The van der Waals surface area contributed by atoms with E-state index in [-0.39, 0.29) is 6.04 Å². The molecule has 2 rings (SSSR count). The summed E-state index contributed by atoms with van der Waals surface area (Å²) in [6, 6.07) is 12.1. The van der Waals surface area contributed by atoms with Gasteiger partial charge in [0, 0.05) is 24.8 Å². The molecule has 1 unspecified atom stereocenters. The van der Waals surface area contributed by atoms with E-state index in [1.54, 1.807) is 0 Å². The summed E-state index contributed by atoms with van der Waals surface area (Å²) in [6.07, 6.45) is 1.82. The molecule has 0 radical (unpaired) electrons. The van der Waals surface area contributed by atoms with Gasteiger partial charge in [0.1, 0.15) is 5.82 Å². The van der Waals surface area contributed by atoms with Crippen molar-refractivity contribution in [3.63, 3.8) is 0 Å². The molecule has 0 bridgehead atoms. The second kappa shape index (κ2) is 6.04. The van der Waals surface area contributed by atoms with Crippen LogP contribution in [-0.2, 0) is 6.54 Å². The number of nitrogens with zero attached hydrogens (tertiary/aromatic N) is 2. The Kier molecular flexibility index (Phi) is 4.40. The summed E-state index contributed by atoms with van der Waals surface area (Å²) in [5.74, 6) is 0.921. The van der Waals surface area contributed by atoms with Crippen LogP contribution in [0.4, 0.5) is 5.82 Å². The first-order valence-corrected chi connectivity index (χ1v) is 6.63. The number of benzene rings is 1. The molecule has 1 atom stereocenters. The van der Waals surface area contributed by atoms with Gasteiger partial charge in [0.2, 0.25) is 0 Å². The molecule has 2 aromatic rings. The van der Waals surface area contributed by atoms with Crippen molar-refractivity contribution in [2.45, 2.75) is 19.5 Å². The fraction of sp³-hybridized carbons (Fsp3) is 0.267. The van der Waals surface area contributed by atoms with Gasteiger partial charge in [-0.1, -0.05) is 29.8 Å². The van der Waals surface area contributed by atoms with Crippen molar-refractivity contribution < 1.29 is 0 Å². The highest BCUT2D eigenvalue weighted by Crippen LogP contribution is 2.25. The SMILES string of the molecule is CC(c1cccc(Cl)c1)N(C)c1ccc(CN)cn1. The van der Waals surface area contributed by atoms with Gasteiger partial charge < -0.3 is 10.6 Å². The van der Waals surface area contributed by atoms with Gasteiger partial charge >= 0.3 is 0 Å². The minimum absolute atomic E-state index is 0.204. The number of anilines is 1. The molecule has 19 heavy (non-hydrogen) atoms. The van der Waals surface area contributed by atoms with Crippen molar-refractivity contribution in [2.24, 2.45) is 5.73 Å². The third-order valence-electron chi connectivity index (χ3n) is 3.32. The third-order valence-corrected chi connectivity index (χ3v) is 3.55. The monoisotopic (exact) mass is 275 g/mol. The predicted octanol–water partition coefficient (Wildman–Crippen LogP) is 3.39. The van der Waals surface area contributed by atoms with Gasteiger partial charge in [-0.05, 0) is 36.2 Å². The van der Waals surface area contributed by atoms with Crippen molar-refractivity contribution >= 4 is 17.4 Å². The molecule has 100 valence electrons. The van der Waals surface area contributed by atoms with Crippen LogP contribution in [0.5, 0.6) is 0 Å². The van der Waals surface area contributed by atoms with E-state index in [2.05, 4.69) is 22.9 Å². The number of pyridine rings is 1. The minimum Gasteiger partial charge on any atom is -0.353 e. The summed E-state index contributed by atoms with van der Waals surface area (Å²) in [6.45, 7) is 2.64. The lowest BCUT2D eigenvalue weighted by Gasteiger charge is -2.26. The zero-order valence-electron chi connectivity index (χ0n) is 11.2. The normalized spacial score (nSPS) is 12.2. The maximum Gasteiger partial charge on any atom is 0.128 e. The molecule has 0 aliphatic heterocycles. The second-order valence-electron chi connectivity index (χ2n) is 4.57. The molecule has 1 aromatic carbocycles. The molecule has 0 amide bonds. The van der Waals surface area contributed by atoms with Gasteiger partial charge in [0.25, 0.3) is 0 Å². The van der Waals surface area contributed by atoms with Gasteiger partial charge in [-0.25, -0.2) is 4.98 Å². The molecule has 0 fully saturated rings. The van der Waals surface area contributed by atoms with Gasteiger partial charge in [-0.2, -0.15) is 0 Å². The summed E-state index contributed by atoms with van der Waals surface area (Å²) in [4.78, 5) is 6.55. The summed E-state index contributed by atoms with van der Waals surface area (Å²) < 4.78 is 0. The fourth-order valence-electron chi connectivity index (χ4n) is 1.93. The number of hydrogen-bond donors (Lipinski definition) is 1. The quantitative estimate of drug-likeness (QED) is 0.930. The van der Waals surface area contributed by atoms with E-state index in [9.17, 15) is 0 Å². The third kappa shape index (κ3) is 3.25. The summed E-state index contributed by atoms with van der Waals surface area (Å²) in [5, 5.41) is 0.754. The van der Waals surface area contributed by atoms with Crippen LogP contribution in [0.3, 0.4) is 0 Å². The maximum absolute atomic E-state index is 6.03. The molecule has 4 heteroatoms. The standard InChI is InChI=1S/C15H18ClN3/c1-11(13-4-3-5-14(16)8-13)19(2)15-7-6-12(9-17)10-18-15/h3-8,10-11H,9,17H2,1-2H3. The maximum atomic E-state index is 6.03. The van der Waals surface area contributed by atoms with Crippen molar-refractivity contribution in [3.05, 3.63) is 58.7 Å². The van der Waals surface area contributed by atoms with Crippen LogP contribution in [0.25, 0.3) is 0 Å². The average molecular weight is 276 g/mol. The molecule has 1 heterocycles. The summed E-state index contributed by atoms with van der Waals surface area (Å²) >= 11 is 6.03. The van der Waals surface area contributed by atoms with Gasteiger partial charge in [0.15, 0.2) is 0 Å². The van der Waals surface area contributed by atoms with E-state index in [0.29, 0.717) is 6.54 Å². The number of nitrogens with two attached hydrogens (primary N) is 1. The molecule has 2 N–H and O–H groups in total. The molecular weight excluding hydrogens is 258 g/mol. The lowest BCUT2D eigenvalue weighted by molar-refractivity contribution is 0.728.